The van der Waals surface area contributed by atoms with E-state index in [-0.39, 0.29) is 23.9 Å². The summed E-state index contributed by atoms with van der Waals surface area (Å²) in [5.74, 6) is -1.93. The number of fused-ring (bicyclic) bond motifs is 1. The highest BCUT2D eigenvalue weighted by Crippen LogP contribution is 2.47. The maximum Gasteiger partial charge on any atom is 0.416 e. The summed E-state index contributed by atoms with van der Waals surface area (Å²) in [6.45, 7) is 6.45. The molecule has 0 spiro atoms. The van der Waals surface area contributed by atoms with Gasteiger partial charge in [-0.25, -0.2) is 18.3 Å². The van der Waals surface area contributed by atoms with Crippen molar-refractivity contribution in [3.05, 3.63) is 99.2 Å². The van der Waals surface area contributed by atoms with E-state index in [1.54, 1.807) is 44.7 Å². The molecule has 3 N–H and O–H groups in total. The Balaban J connectivity index is 1.68. The topological polar surface area (TPSA) is 76.2 Å². The number of hydrogen-bond donors (Lipinski definition) is 2. The Labute approximate surface area is 252 Å². The second-order valence-corrected chi connectivity index (χ2v) is 11.4. The lowest BCUT2D eigenvalue weighted by atomic mass is 9.97. The van der Waals surface area contributed by atoms with E-state index >= 15 is 8.78 Å². The lowest BCUT2D eigenvalue weighted by molar-refractivity contribution is -0.143. The molecule has 5 rings (SSSR count). The summed E-state index contributed by atoms with van der Waals surface area (Å²) >= 11 is 0. The highest BCUT2D eigenvalue weighted by molar-refractivity contribution is 5.88. The minimum absolute atomic E-state index is 0.0873. The van der Waals surface area contributed by atoms with Crippen LogP contribution in [0, 0.1) is 25.5 Å². The number of anilines is 1. The molecule has 238 valence electrons. The SMILES string of the molecule is Cc1cccc(C)c1-n1nc2c(c1-c1cc(F)c(NC(N)=O)cc1F)CN(Cc1ccc(C(F)(F)F)cc1C(F)(F)F)C2(C)C. The molecule has 3 aromatic carbocycles. The Morgan fingerprint density at radius 3 is 2.18 bits per heavy atom. The molecule has 0 saturated heterocycles. The summed E-state index contributed by atoms with van der Waals surface area (Å²) in [5, 5.41) is 6.80. The third kappa shape index (κ3) is 5.74. The van der Waals surface area contributed by atoms with Gasteiger partial charge in [-0.2, -0.15) is 31.4 Å². The smallest absolute Gasteiger partial charge is 0.351 e. The number of nitrogens with one attached hydrogen (secondary N) is 1. The molecule has 14 heteroatoms. The molecule has 0 radical (unpaired) electrons. The first-order valence-electron chi connectivity index (χ1n) is 13.6. The molecular formula is C31H27F8N5O. The molecule has 45 heavy (non-hydrogen) atoms. The maximum absolute atomic E-state index is 15.7. The van der Waals surface area contributed by atoms with Crippen LogP contribution in [-0.2, 0) is 31.0 Å². The number of hydrogen-bond acceptors (Lipinski definition) is 3. The van der Waals surface area contributed by atoms with Crippen LogP contribution in [0.1, 0.15) is 52.9 Å². The summed E-state index contributed by atoms with van der Waals surface area (Å²) in [7, 11) is 0. The van der Waals surface area contributed by atoms with Gasteiger partial charge in [0, 0.05) is 30.3 Å². The van der Waals surface area contributed by atoms with Crippen LogP contribution in [0.25, 0.3) is 16.9 Å². The zero-order chi connectivity index (χ0) is 33.2. The Hall–Kier alpha value is -4.46. The minimum Gasteiger partial charge on any atom is -0.351 e. The summed E-state index contributed by atoms with van der Waals surface area (Å²) in [6.07, 6.45) is -10.0. The van der Waals surface area contributed by atoms with Crippen LogP contribution in [0.5, 0.6) is 0 Å². The zero-order valence-electron chi connectivity index (χ0n) is 24.4. The fourth-order valence-corrected chi connectivity index (χ4v) is 5.78. The van der Waals surface area contributed by atoms with E-state index in [0.717, 1.165) is 29.3 Å². The van der Waals surface area contributed by atoms with Gasteiger partial charge in [0.05, 0.1) is 39.4 Å². The number of amides is 2. The van der Waals surface area contributed by atoms with Crippen LogP contribution in [0.2, 0.25) is 0 Å². The third-order valence-corrected chi connectivity index (χ3v) is 8.03. The predicted molar refractivity (Wildman–Crippen MR) is 150 cm³/mol. The molecule has 2 amide bonds. The molecule has 0 atom stereocenters. The quantitative estimate of drug-likeness (QED) is 0.217. The molecule has 0 bridgehead atoms. The van der Waals surface area contributed by atoms with E-state index in [9.17, 15) is 31.1 Å². The number of para-hydroxylation sites is 1. The van der Waals surface area contributed by atoms with Crippen LogP contribution in [0.15, 0.2) is 48.5 Å². The van der Waals surface area contributed by atoms with Gasteiger partial charge in [0.25, 0.3) is 0 Å². The zero-order valence-corrected chi connectivity index (χ0v) is 24.4. The minimum atomic E-state index is -5.07. The van der Waals surface area contributed by atoms with Gasteiger partial charge in [0.15, 0.2) is 0 Å². The van der Waals surface area contributed by atoms with Gasteiger partial charge < -0.3 is 11.1 Å². The van der Waals surface area contributed by atoms with Crippen molar-refractivity contribution in [2.45, 2.75) is 58.7 Å². The number of aryl methyl sites for hydroxylation is 2. The average molecular weight is 638 g/mol. The lowest BCUT2D eigenvalue weighted by Crippen LogP contribution is -2.36. The van der Waals surface area contributed by atoms with Crippen molar-refractivity contribution < 1.29 is 39.9 Å². The van der Waals surface area contributed by atoms with Crippen LogP contribution in [0.4, 0.5) is 45.6 Å². The van der Waals surface area contributed by atoms with Crippen molar-refractivity contribution in [2.24, 2.45) is 5.73 Å². The lowest BCUT2D eigenvalue weighted by Gasteiger charge is -2.32. The molecule has 6 nitrogen and oxygen atoms in total. The number of carbonyl (C=O) groups excluding carboxylic acids is 1. The summed E-state index contributed by atoms with van der Waals surface area (Å²) in [4.78, 5) is 12.9. The van der Waals surface area contributed by atoms with Crippen LogP contribution in [-0.4, -0.2) is 20.7 Å². The first-order chi connectivity index (χ1) is 20.8. The van der Waals surface area contributed by atoms with Gasteiger partial charge >= 0.3 is 18.4 Å². The van der Waals surface area contributed by atoms with Crippen molar-refractivity contribution in [3.63, 3.8) is 0 Å². The Morgan fingerprint density at radius 1 is 0.956 bits per heavy atom. The highest BCUT2D eigenvalue weighted by Gasteiger charge is 2.45. The predicted octanol–water partition coefficient (Wildman–Crippen LogP) is 8.21. The number of aromatic nitrogens is 2. The number of nitrogens with two attached hydrogens (primary N) is 1. The molecule has 0 fully saturated rings. The molecule has 1 aromatic heterocycles. The second-order valence-electron chi connectivity index (χ2n) is 11.4. The van der Waals surface area contributed by atoms with E-state index in [2.05, 4.69) is 0 Å². The monoisotopic (exact) mass is 637 g/mol. The number of nitrogens with zero attached hydrogens (tertiary/aromatic N) is 3. The van der Waals surface area contributed by atoms with E-state index in [1.165, 1.54) is 4.68 Å². The fourth-order valence-electron chi connectivity index (χ4n) is 5.78. The first-order valence-corrected chi connectivity index (χ1v) is 13.6. The highest BCUT2D eigenvalue weighted by atomic mass is 19.4. The van der Waals surface area contributed by atoms with E-state index in [4.69, 9.17) is 10.8 Å². The van der Waals surface area contributed by atoms with Crippen molar-refractivity contribution in [2.75, 3.05) is 5.32 Å². The number of alkyl halides is 6. The summed E-state index contributed by atoms with van der Waals surface area (Å²) in [5.41, 5.74) is 2.95. The van der Waals surface area contributed by atoms with Crippen LogP contribution in [0.3, 0.4) is 0 Å². The summed E-state index contributed by atoms with van der Waals surface area (Å²) < 4.78 is 114. The number of halogens is 8. The van der Waals surface area contributed by atoms with Crippen molar-refractivity contribution in [3.8, 4) is 16.9 Å². The summed E-state index contributed by atoms with van der Waals surface area (Å²) in [6, 6.07) is 7.42. The molecular weight excluding hydrogens is 610 g/mol. The third-order valence-electron chi connectivity index (χ3n) is 8.03. The number of carbonyl (C=O) groups is 1. The molecule has 1 aliphatic heterocycles. The Kier molecular flexibility index (Phi) is 7.71. The molecule has 0 unspecified atom stereocenters. The number of benzene rings is 3. The Morgan fingerprint density at radius 2 is 1.60 bits per heavy atom. The molecule has 2 heterocycles. The van der Waals surface area contributed by atoms with Gasteiger partial charge in [0.1, 0.15) is 11.6 Å². The molecule has 4 aromatic rings. The standard InChI is InChI=1S/C31H27F8N5O/c1-15-6-5-7-16(2)25(15)44-26(19-11-23(33)24(12-22(19)32)41-28(40)45)20-14-43(29(3,4)27(20)42-44)13-17-8-9-18(30(34,35)36)10-21(17)31(37,38)39/h5-12H,13-14H2,1-4H3,(H3,40,41,45). The van der Waals surface area contributed by atoms with Gasteiger partial charge in [-0.1, -0.05) is 24.3 Å². The van der Waals surface area contributed by atoms with E-state index in [1.807, 2.05) is 11.4 Å². The number of urea groups is 1. The normalized spacial score (nSPS) is 14.9. The average Bonchev–Trinajstić information content (AvgIpc) is 3.38. The first kappa shape index (κ1) is 31.9. The number of rotatable bonds is 5. The van der Waals surface area contributed by atoms with Crippen LogP contribution >= 0.6 is 0 Å². The van der Waals surface area contributed by atoms with Gasteiger partial charge in [-0.3, -0.25) is 4.90 Å². The number of primary amides is 1. The van der Waals surface area contributed by atoms with Crippen molar-refractivity contribution in [1.29, 1.82) is 0 Å². The van der Waals surface area contributed by atoms with Crippen molar-refractivity contribution in [1.82, 2.24) is 14.7 Å². The van der Waals surface area contributed by atoms with Crippen LogP contribution < -0.4 is 11.1 Å². The van der Waals surface area contributed by atoms with Crippen molar-refractivity contribution >= 4 is 11.7 Å². The van der Waals surface area contributed by atoms with Gasteiger partial charge in [0.2, 0.25) is 0 Å². The van der Waals surface area contributed by atoms with E-state index < -0.39 is 64.5 Å². The fraction of sp³-hybridized carbons (Fsp3) is 0.290. The largest absolute Gasteiger partial charge is 0.416 e. The maximum atomic E-state index is 15.7. The van der Waals surface area contributed by atoms with Gasteiger partial charge in [-0.15, -0.1) is 0 Å². The Bertz CT molecular complexity index is 1800. The molecule has 0 aliphatic carbocycles. The molecule has 1 aliphatic rings. The molecule has 0 saturated carbocycles. The second kappa shape index (κ2) is 10.9. The van der Waals surface area contributed by atoms with Gasteiger partial charge in [-0.05, 0) is 62.6 Å². The van der Waals surface area contributed by atoms with E-state index in [0.29, 0.717) is 23.0 Å².